The summed E-state index contributed by atoms with van der Waals surface area (Å²) in [5, 5.41) is 5.70. The van der Waals surface area contributed by atoms with Gasteiger partial charge >= 0.3 is 0 Å². The number of hydrogen-bond acceptors (Lipinski definition) is 4. The molecule has 0 aliphatic carbocycles. The molecule has 0 atom stereocenters. The van der Waals surface area contributed by atoms with Gasteiger partial charge < -0.3 is 14.6 Å². The molecule has 1 heterocycles. The van der Waals surface area contributed by atoms with Gasteiger partial charge in [-0.2, -0.15) is 0 Å². The zero-order chi connectivity index (χ0) is 30.1. The Kier molecular flexibility index (Phi) is 7.75. The molecular weight excluding hydrogens is 605 g/mol. The Morgan fingerprint density at radius 1 is 0.814 bits per heavy atom. The maximum absolute atomic E-state index is 13.5. The molecule has 6 rings (SSSR count). The third-order valence-corrected chi connectivity index (χ3v) is 8.94. The molecule has 5 aromatic carbocycles. The SMILES string of the molecule is CCn1c2ccccc2c2cc(NC(=O)c3cc(Cl)ccc3NS(=O)(=O)c3ccc(Oc4ccccc4Cl)cc3)ccc21. The lowest BCUT2D eigenvalue weighted by molar-refractivity contribution is 0.102. The molecular formula is C33H25Cl2N3O4S. The quantitative estimate of drug-likeness (QED) is 0.176. The highest BCUT2D eigenvalue weighted by Gasteiger charge is 2.20. The van der Waals surface area contributed by atoms with Crippen molar-refractivity contribution in [3.63, 3.8) is 0 Å². The summed E-state index contributed by atoms with van der Waals surface area (Å²) < 4.78 is 37.1. The van der Waals surface area contributed by atoms with Gasteiger partial charge in [0.15, 0.2) is 0 Å². The van der Waals surface area contributed by atoms with Crippen LogP contribution in [0.3, 0.4) is 0 Å². The molecule has 43 heavy (non-hydrogen) atoms. The van der Waals surface area contributed by atoms with Gasteiger partial charge in [0.25, 0.3) is 15.9 Å². The monoisotopic (exact) mass is 629 g/mol. The molecule has 2 N–H and O–H groups in total. The molecule has 0 saturated carbocycles. The van der Waals surface area contributed by atoms with Crippen LogP contribution >= 0.6 is 23.2 Å². The van der Waals surface area contributed by atoms with E-state index in [4.69, 9.17) is 27.9 Å². The van der Waals surface area contributed by atoms with E-state index >= 15 is 0 Å². The van der Waals surface area contributed by atoms with Gasteiger partial charge in [-0.25, -0.2) is 8.42 Å². The highest BCUT2D eigenvalue weighted by atomic mass is 35.5. The van der Waals surface area contributed by atoms with E-state index in [1.54, 1.807) is 24.3 Å². The number of fused-ring (bicyclic) bond motifs is 3. The summed E-state index contributed by atoms with van der Waals surface area (Å²) in [6.07, 6.45) is 0. The van der Waals surface area contributed by atoms with Crippen molar-refractivity contribution in [2.45, 2.75) is 18.4 Å². The van der Waals surface area contributed by atoms with Crippen LogP contribution in [0.1, 0.15) is 17.3 Å². The summed E-state index contributed by atoms with van der Waals surface area (Å²) in [5.41, 5.74) is 2.90. The predicted molar refractivity (Wildman–Crippen MR) is 173 cm³/mol. The second-order valence-electron chi connectivity index (χ2n) is 9.75. The molecule has 7 nitrogen and oxygen atoms in total. The van der Waals surface area contributed by atoms with Gasteiger partial charge in [0.1, 0.15) is 11.5 Å². The van der Waals surface area contributed by atoms with Crippen LogP contribution in [0.5, 0.6) is 11.5 Å². The molecule has 0 saturated heterocycles. The Hall–Kier alpha value is -4.50. The van der Waals surface area contributed by atoms with Gasteiger partial charge in [-0.3, -0.25) is 9.52 Å². The fourth-order valence-corrected chi connectivity index (χ4v) is 6.44. The summed E-state index contributed by atoms with van der Waals surface area (Å²) >= 11 is 12.4. The number of aryl methyl sites for hydroxylation is 1. The zero-order valence-corrected chi connectivity index (χ0v) is 25.2. The second-order valence-corrected chi connectivity index (χ2v) is 12.3. The number of anilines is 2. The lowest BCUT2D eigenvalue weighted by Gasteiger charge is -2.14. The van der Waals surface area contributed by atoms with Crippen molar-refractivity contribution in [1.29, 1.82) is 0 Å². The number of nitrogens with zero attached hydrogens (tertiary/aromatic N) is 1. The van der Waals surface area contributed by atoms with E-state index in [-0.39, 0.29) is 21.2 Å². The number of aromatic nitrogens is 1. The maximum atomic E-state index is 13.5. The number of benzene rings is 5. The van der Waals surface area contributed by atoms with Crippen molar-refractivity contribution < 1.29 is 17.9 Å². The molecule has 10 heteroatoms. The highest BCUT2D eigenvalue weighted by Crippen LogP contribution is 2.33. The number of carbonyl (C=O) groups is 1. The molecule has 6 aromatic rings. The fourth-order valence-electron chi connectivity index (χ4n) is 5.01. The number of carbonyl (C=O) groups excluding carboxylic acids is 1. The van der Waals surface area contributed by atoms with Crippen LogP contribution in [0.4, 0.5) is 11.4 Å². The summed E-state index contributed by atoms with van der Waals surface area (Å²) in [4.78, 5) is 13.5. The van der Waals surface area contributed by atoms with Crippen LogP contribution in [-0.2, 0) is 16.6 Å². The second kappa shape index (κ2) is 11.6. The number of halogens is 2. The normalized spacial score (nSPS) is 11.5. The van der Waals surface area contributed by atoms with E-state index in [1.807, 2.05) is 30.3 Å². The molecule has 0 radical (unpaired) electrons. The third kappa shape index (κ3) is 5.77. The number of ether oxygens (including phenoxy) is 1. The first-order valence-corrected chi connectivity index (χ1v) is 15.6. The van der Waals surface area contributed by atoms with Crippen LogP contribution < -0.4 is 14.8 Å². The van der Waals surface area contributed by atoms with Crippen LogP contribution in [-0.4, -0.2) is 18.9 Å². The van der Waals surface area contributed by atoms with Gasteiger partial charge in [-0.1, -0.05) is 53.5 Å². The average molecular weight is 631 g/mol. The molecule has 0 bridgehead atoms. The van der Waals surface area contributed by atoms with Crippen molar-refractivity contribution in [2.75, 3.05) is 10.0 Å². The van der Waals surface area contributed by atoms with Crippen molar-refractivity contribution in [3.05, 3.63) is 125 Å². The first-order valence-electron chi connectivity index (χ1n) is 13.4. The van der Waals surface area contributed by atoms with E-state index in [9.17, 15) is 13.2 Å². The predicted octanol–water partition coefficient (Wildman–Crippen LogP) is 8.97. The smallest absolute Gasteiger partial charge is 0.261 e. The minimum absolute atomic E-state index is 0.0157. The molecule has 216 valence electrons. The Morgan fingerprint density at radius 3 is 2.30 bits per heavy atom. The first kappa shape index (κ1) is 28.6. The van der Waals surface area contributed by atoms with Crippen molar-refractivity contribution in [1.82, 2.24) is 4.57 Å². The zero-order valence-electron chi connectivity index (χ0n) is 22.8. The lowest BCUT2D eigenvalue weighted by Crippen LogP contribution is -2.18. The molecule has 0 aliphatic rings. The van der Waals surface area contributed by atoms with Gasteiger partial charge in [-0.05, 0) is 85.8 Å². The number of hydrogen-bond donors (Lipinski definition) is 2. The summed E-state index contributed by atoms with van der Waals surface area (Å²) in [7, 11) is -4.06. The van der Waals surface area contributed by atoms with Crippen molar-refractivity contribution >= 4 is 72.3 Å². The minimum atomic E-state index is -4.06. The van der Waals surface area contributed by atoms with Gasteiger partial charge in [-0.15, -0.1) is 0 Å². The maximum Gasteiger partial charge on any atom is 0.261 e. The fraction of sp³-hybridized carbons (Fsp3) is 0.0606. The third-order valence-electron chi connectivity index (χ3n) is 7.02. The number of sulfonamides is 1. The Labute approximate surface area is 258 Å². The van der Waals surface area contributed by atoms with Gasteiger partial charge in [0.05, 0.1) is 21.2 Å². The van der Waals surface area contributed by atoms with Crippen LogP contribution in [0.25, 0.3) is 21.8 Å². The van der Waals surface area contributed by atoms with E-state index in [1.165, 1.54) is 42.5 Å². The molecule has 0 fully saturated rings. The van der Waals surface area contributed by atoms with Crippen LogP contribution in [0, 0.1) is 0 Å². The molecule has 0 aliphatic heterocycles. The van der Waals surface area contributed by atoms with E-state index in [0.29, 0.717) is 22.2 Å². The standard InChI is InChI=1S/C33H25Cl2N3O4S/c1-2-38-30-9-5-3-7-25(30)26-20-22(12-18-31(26)38)36-33(39)27-19-21(34)11-17-29(27)37-43(40,41)24-15-13-23(14-16-24)42-32-10-6-4-8-28(32)35/h3-20,37H,2H2,1H3,(H,36,39). The summed E-state index contributed by atoms with van der Waals surface area (Å²) in [6.45, 7) is 2.89. The minimum Gasteiger partial charge on any atom is -0.456 e. The number of para-hydroxylation sites is 2. The molecule has 0 unspecified atom stereocenters. The molecule has 0 spiro atoms. The number of rotatable bonds is 8. The highest BCUT2D eigenvalue weighted by molar-refractivity contribution is 7.92. The van der Waals surface area contributed by atoms with Gasteiger partial charge in [0, 0.05) is 39.1 Å². The number of nitrogens with one attached hydrogen (secondary N) is 2. The topological polar surface area (TPSA) is 89.4 Å². The Balaban J connectivity index is 1.25. The molecule has 1 amide bonds. The average Bonchev–Trinajstić information content (AvgIpc) is 3.32. The van der Waals surface area contributed by atoms with E-state index < -0.39 is 15.9 Å². The van der Waals surface area contributed by atoms with E-state index in [2.05, 4.69) is 33.7 Å². The van der Waals surface area contributed by atoms with Gasteiger partial charge in [0.2, 0.25) is 0 Å². The Bertz CT molecular complexity index is 2110. The van der Waals surface area contributed by atoms with Crippen molar-refractivity contribution in [2.24, 2.45) is 0 Å². The molecule has 1 aromatic heterocycles. The Morgan fingerprint density at radius 2 is 1.53 bits per heavy atom. The van der Waals surface area contributed by atoms with Crippen LogP contribution in [0.2, 0.25) is 10.0 Å². The van der Waals surface area contributed by atoms with Crippen molar-refractivity contribution in [3.8, 4) is 11.5 Å². The first-order chi connectivity index (χ1) is 20.7. The lowest BCUT2D eigenvalue weighted by atomic mass is 10.1. The number of amides is 1. The van der Waals surface area contributed by atoms with Crippen LogP contribution in [0.15, 0.2) is 114 Å². The largest absolute Gasteiger partial charge is 0.456 e. The van der Waals surface area contributed by atoms with E-state index in [0.717, 1.165) is 28.4 Å². The summed E-state index contributed by atoms with van der Waals surface area (Å²) in [5.74, 6) is 0.352. The summed E-state index contributed by atoms with van der Waals surface area (Å²) in [6, 6.07) is 31.1.